The van der Waals surface area contributed by atoms with E-state index < -0.39 is 5.97 Å². The summed E-state index contributed by atoms with van der Waals surface area (Å²) < 4.78 is 4.81. The van der Waals surface area contributed by atoms with Gasteiger partial charge in [-0.3, -0.25) is 14.5 Å². The molecule has 0 radical (unpaired) electrons. The second-order valence-corrected chi connectivity index (χ2v) is 7.15. The van der Waals surface area contributed by atoms with Gasteiger partial charge < -0.3 is 15.4 Å². The van der Waals surface area contributed by atoms with Crippen LogP contribution in [-0.2, 0) is 14.3 Å². The van der Waals surface area contributed by atoms with E-state index in [-0.39, 0.29) is 24.8 Å². The Morgan fingerprint density at radius 2 is 1.94 bits per heavy atom. The van der Waals surface area contributed by atoms with Crippen LogP contribution >= 0.6 is 0 Å². The van der Waals surface area contributed by atoms with Crippen molar-refractivity contribution in [1.29, 1.82) is 0 Å². The largest absolute Gasteiger partial charge is 0.465 e. The van der Waals surface area contributed by atoms with Gasteiger partial charge in [0.25, 0.3) is 0 Å². The van der Waals surface area contributed by atoms with E-state index in [1.807, 2.05) is 6.07 Å². The Morgan fingerprint density at radius 3 is 2.65 bits per heavy atom. The molecule has 0 aliphatic carbocycles. The molecule has 0 saturated heterocycles. The molecule has 7 nitrogen and oxygen atoms in total. The number of rotatable bonds is 4. The van der Waals surface area contributed by atoms with Crippen molar-refractivity contribution < 1.29 is 19.1 Å². The molecule has 2 N–H and O–H groups in total. The van der Waals surface area contributed by atoms with Crippen molar-refractivity contribution in [3.05, 3.63) is 72.8 Å². The Balaban J connectivity index is 2.02. The first-order valence-corrected chi connectivity index (χ1v) is 9.69. The maximum Gasteiger partial charge on any atom is 0.337 e. The van der Waals surface area contributed by atoms with Crippen molar-refractivity contribution in [1.82, 2.24) is 0 Å². The van der Waals surface area contributed by atoms with E-state index in [0.29, 0.717) is 28.3 Å². The molecule has 1 heterocycles. The van der Waals surface area contributed by atoms with Crippen LogP contribution in [0, 0.1) is 0 Å². The predicted octanol–water partition coefficient (Wildman–Crippen LogP) is 3.80. The van der Waals surface area contributed by atoms with Crippen molar-refractivity contribution >= 4 is 51.3 Å². The van der Waals surface area contributed by atoms with Gasteiger partial charge >= 0.3 is 5.97 Å². The van der Waals surface area contributed by atoms with Gasteiger partial charge in [-0.15, -0.1) is 6.58 Å². The molecule has 1 aliphatic rings. The molecule has 3 aromatic rings. The molecule has 1 aliphatic heterocycles. The molecule has 0 aromatic heterocycles. The Kier molecular flexibility index (Phi) is 5.17. The zero-order chi connectivity index (χ0) is 22.1. The maximum atomic E-state index is 13.1. The number of nitrogens with two attached hydrogens (primary N) is 1. The first kappa shape index (κ1) is 20.2. The third-order valence-corrected chi connectivity index (χ3v) is 5.19. The van der Waals surface area contributed by atoms with E-state index in [1.54, 1.807) is 59.5 Å². The highest BCUT2D eigenvalue weighted by atomic mass is 16.5. The lowest BCUT2D eigenvalue weighted by atomic mass is 10.0. The molecular weight excluding hydrogens is 394 g/mol. The highest BCUT2D eigenvalue weighted by molar-refractivity contribution is 6.22. The number of esters is 1. The van der Waals surface area contributed by atoms with Crippen LogP contribution in [0.2, 0.25) is 0 Å². The molecule has 0 unspecified atom stereocenters. The molecule has 0 fully saturated rings. The smallest absolute Gasteiger partial charge is 0.337 e. The number of hydrogen-bond acceptors (Lipinski definition) is 5. The number of hydrogen-bond donors (Lipinski definition) is 1. The van der Waals surface area contributed by atoms with Gasteiger partial charge in [-0.1, -0.05) is 24.3 Å². The lowest BCUT2D eigenvalue weighted by molar-refractivity contribution is -0.125. The second kappa shape index (κ2) is 7.95. The van der Waals surface area contributed by atoms with E-state index in [2.05, 4.69) is 6.58 Å². The minimum Gasteiger partial charge on any atom is -0.465 e. The highest BCUT2D eigenvalue weighted by Crippen LogP contribution is 2.43. The van der Waals surface area contributed by atoms with Gasteiger partial charge in [0.2, 0.25) is 11.8 Å². The van der Waals surface area contributed by atoms with Crippen molar-refractivity contribution in [3.8, 4) is 0 Å². The van der Waals surface area contributed by atoms with Gasteiger partial charge in [0, 0.05) is 17.6 Å². The molecule has 0 bridgehead atoms. The normalized spacial score (nSPS) is 13.7. The Morgan fingerprint density at radius 1 is 1.13 bits per heavy atom. The molecular formula is C24H21N3O4. The van der Waals surface area contributed by atoms with Crippen molar-refractivity contribution in [2.24, 2.45) is 0 Å². The fraction of sp³-hybridized carbons (Fsp3) is 0.125. The van der Waals surface area contributed by atoms with Crippen LogP contribution < -0.4 is 15.5 Å². The third-order valence-electron chi connectivity index (χ3n) is 5.19. The lowest BCUT2D eigenvalue weighted by Crippen LogP contribution is -2.32. The van der Waals surface area contributed by atoms with E-state index in [9.17, 15) is 14.4 Å². The Labute approximate surface area is 179 Å². The number of nitrogen functional groups attached to an aromatic ring is 1. The third kappa shape index (κ3) is 3.50. The first-order valence-electron chi connectivity index (χ1n) is 9.69. The van der Waals surface area contributed by atoms with E-state index in [1.165, 1.54) is 12.0 Å². The second-order valence-electron chi connectivity index (χ2n) is 7.15. The minimum atomic E-state index is -0.451. The number of methoxy groups -OCH3 is 1. The molecule has 2 amide bonds. The number of anilines is 4. The fourth-order valence-electron chi connectivity index (χ4n) is 3.84. The molecule has 0 atom stereocenters. The zero-order valence-corrected chi connectivity index (χ0v) is 17.0. The molecule has 156 valence electrons. The minimum absolute atomic E-state index is 0.238. The number of carbonyl (C=O) groups is 3. The molecule has 0 saturated carbocycles. The predicted molar refractivity (Wildman–Crippen MR) is 120 cm³/mol. The van der Waals surface area contributed by atoms with E-state index in [0.717, 1.165) is 10.8 Å². The number of carbonyl (C=O) groups excluding carboxylic acids is 3. The SMILES string of the molecule is C=CCN1C(=O)CC(=O)N(c2cccc(N)c2)c2ccc3cc(C(=O)OC)ccc3c21. The summed E-state index contributed by atoms with van der Waals surface area (Å²) in [4.78, 5) is 41.2. The van der Waals surface area contributed by atoms with Crippen molar-refractivity contribution in [2.75, 3.05) is 29.2 Å². The lowest BCUT2D eigenvalue weighted by Gasteiger charge is -2.27. The van der Waals surface area contributed by atoms with Crippen LogP contribution in [0.4, 0.5) is 22.7 Å². The van der Waals surface area contributed by atoms with Crippen LogP contribution in [0.5, 0.6) is 0 Å². The topological polar surface area (TPSA) is 92.9 Å². The molecule has 7 heteroatoms. The Bertz CT molecular complexity index is 1230. The van der Waals surface area contributed by atoms with Crippen molar-refractivity contribution in [2.45, 2.75) is 6.42 Å². The van der Waals surface area contributed by atoms with Gasteiger partial charge in [-0.2, -0.15) is 0 Å². The summed E-state index contributed by atoms with van der Waals surface area (Å²) in [5, 5.41) is 1.47. The van der Waals surface area contributed by atoms with E-state index in [4.69, 9.17) is 10.5 Å². The number of fused-ring (bicyclic) bond motifs is 3. The summed E-state index contributed by atoms with van der Waals surface area (Å²) in [7, 11) is 1.32. The molecule has 31 heavy (non-hydrogen) atoms. The highest BCUT2D eigenvalue weighted by Gasteiger charge is 2.33. The summed E-state index contributed by atoms with van der Waals surface area (Å²) in [5.41, 5.74) is 8.56. The van der Waals surface area contributed by atoms with Crippen molar-refractivity contribution in [3.63, 3.8) is 0 Å². The average Bonchev–Trinajstić information content (AvgIpc) is 2.86. The van der Waals surface area contributed by atoms with Crippen LogP contribution in [0.15, 0.2) is 67.3 Å². The van der Waals surface area contributed by atoms with Gasteiger partial charge in [-0.25, -0.2) is 4.79 Å². The van der Waals surface area contributed by atoms with E-state index >= 15 is 0 Å². The number of benzene rings is 3. The number of amides is 2. The van der Waals surface area contributed by atoms with Crippen LogP contribution in [0.3, 0.4) is 0 Å². The maximum absolute atomic E-state index is 13.1. The number of nitrogens with zero attached hydrogens (tertiary/aromatic N) is 2. The summed E-state index contributed by atoms with van der Waals surface area (Å²) in [5.74, 6) is -1.14. The summed E-state index contributed by atoms with van der Waals surface area (Å²) in [6, 6.07) is 15.7. The zero-order valence-electron chi connectivity index (χ0n) is 17.0. The van der Waals surface area contributed by atoms with Crippen LogP contribution in [0.25, 0.3) is 10.8 Å². The van der Waals surface area contributed by atoms with Gasteiger partial charge in [0.15, 0.2) is 0 Å². The molecule has 3 aromatic carbocycles. The molecule has 0 spiro atoms. The van der Waals surface area contributed by atoms with Gasteiger partial charge in [-0.05, 0) is 41.8 Å². The Hall–Kier alpha value is -4.13. The number of ether oxygens (including phenoxy) is 1. The summed E-state index contributed by atoms with van der Waals surface area (Å²) >= 11 is 0. The molecule has 4 rings (SSSR count). The average molecular weight is 415 g/mol. The first-order chi connectivity index (χ1) is 14.9. The van der Waals surface area contributed by atoms with Gasteiger partial charge in [0.05, 0.1) is 29.7 Å². The van der Waals surface area contributed by atoms with Crippen LogP contribution in [-0.4, -0.2) is 31.4 Å². The standard InChI is InChI=1S/C24H21N3O4/c1-3-11-26-21(28)14-22(29)27(18-6-4-5-17(25)13-18)20-10-8-15-12-16(24(30)31-2)7-9-19(15)23(20)26/h3-10,12-13H,1,11,14,25H2,2H3. The summed E-state index contributed by atoms with van der Waals surface area (Å²) in [6.07, 6.45) is 1.32. The van der Waals surface area contributed by atoms with Gasteiger partial charge in [0.1, 0.15) is 6.42 Å². The summed E-state index contributed by atoms with van der Waals surface area (Å²) in [6.45, 7) is 4.00. The van der Waals surface area contributed by atoms with Crippen LogP contribution in [0.1, 0.15) is 16.8 Å². The fourth-order valence-corrected chi connectivity index (χ4v) is 3.84. The monoisotopic (exact) mass is 415 g/mol. The quantitative estimate of drug-likeness (QED) is 0.303.